The molecule has 0 aliphatic heterocycles. The Bertz CT molecular complexity index is 439. The molecule has 1 aliphatic rings. The number of carbonyl (C=O) groups excluding carboxylic acids is 1. The van der Waals surface area contributed by atoms with Crippen molar-refractivity contribution in [2.45, 2.75) is 58.7 Å². The van der Waals surface area contributed by atoms with Crippen LogP contribution >= 0.6 is 0 Å². The van der Waals surface area contributed by atoms with Gasteiger partial charge in [-0.25, -0.2) is 0 Å². The number of amides is 1. The fourth-order valence-electron chi connectivity index (χ4n) is 2.76. The van der Waals surface area contributed by atoms with Crippen molar-refractivity contribution in [3.05, 3.63) is 23.7 Å². The van der Waals surface area contributed by atoms with Crippen LogP contribution < -0.4 is 5.73 Å². The highest BCUT2D eigenvalue weighted by Gasteiger charge is 2.34. The van der Waals surface area contributed by atoms with Crippen LogP contribution in [-0.4, -0.2) is 22.9 Å². The van der Waals surface area contributed by atoms with Crippen molar-refractivity contribution in [1.82, 2.24) is 4.90 Å². The first-order valence-electron chi connectivity index (χ1n) is 7.10. The van der Waals surface area contributed by atoms with Gasteiger partial charge in [0.25, 0.3) is 0 Å². The molecule has 0 bridgehead atoms. The monoisotopic (exact) mass is 264 g/mol. The fraction of sp³-hybridized carbons (Fsp3) is 0.667. The van der Waals surface area contributed by atoms with E-state index in [2.05, 4.69) is 0 Å². The van der Waals surface area contributed by atoms with E-state index in [1.165, 1.54) is 0 Å². The second-order valence-corrected chi connectivity index (χ2v) is 5.77. The number of hydrogen-bond donors (Lipinski definition) is 1. The van der Waals surface area contributed by atoms with Crippen LogP contribution in [0.5, 0.6) is 0 Å². The largest absolute Gasteiger partial charge is 0.464 e. The van der Waals surface area contributed by atoms with Gasteiger partial charge in [-0.3, -0.25) is 4.79 Å². The molecule has 0 radical (unpaired) electrons. The normalized spacial score (nSPS) is 23.0. The van der Waals surface area contributed by atoms with Crippen LogP contribution in [0.1, 0.15) is 44.6 Å². The average Bonchev–Trinajstić information content (AvgIpc) is 2.94. The van der Waals surface area contributed by atoms with Gasteiger partial charge in [-0.2, -0.15) is 0 Å². The van der Waals surface area contributed by atoms with E-state index in [0.717, 1.165) is 30.8 Å². The van der Waals surface area contributed by atoms with Crippen LogP contribution in [0.3, 0.4) is 0 Å². The summed E-state index contributed by atoms with van der Waals surface area (Å²) in [7, 11) is 0. The fourth-order valence-corrected chi connectivity index (χ4v) is 2.76. The molecule has 2 atom stereocenters. The zero-order valence-corrected chi connectivity index (χ0v) is 12.1. The van der Waals surface area contributed by atoms with Gasteiger partial charge in [0.1, 0.15) is 11.5 Å². The molecule has 1 heterocycles. The molecule has 106 valence electrons. The highest BCUT2D eigenvalue weighted by atomic mass is 16.3. The number of rotatable bonds is 4. The zero-order valence-electron chi connectivity index (χ0n) is 12.1. The molecule has 2 rings (SSSR count). The van der Waals surface area contributed by atoms with Gasteiger partial charge in [-0.05, 0) is 45.7 Å². The number of aryl methyl sites for hydroxylation is 1. The highest BCUT2D eigenvalue weighted by molar-refractivity contribution is 5.80. The molecule has 1 saturated carbocycles. The molecule has 1 amide bonds. The maximum Gasteiger partial charge on any atom is 0.227 e. The standard InChI is InChI=1S/C15H24N2O2/c1-10(2)17(9-12-8-7-11(3)19-12)15(18)13-5-4-6-14(13)16/h7-8,10,13-14H,4-6,9,16H2,1-3H3. The third kappa shape index (κ3) is 3.18. The Morgan fingerprint density at radius 2 is 2.21 bits per heavy atom. The molecular weight excluding hydrogens is 240 g/mol. The quantitative estimate of drug-likeness (QED) is 0.908. The predicted octanol–water partition coefficient (Wildman–Crippen LogP) is 2.45. The van der Waals surface area contributed by atoms with E-state index < -0.39 is 0 Å². The Hall–Kier alpha value is -1.29. The van der Waals surface area contributed by atoms with Crippen LogP contribution in [0.25, 0.3) is 0 Å². The Morgan fingerprint density at radius 1 is 1.47 bits per heavy atom. The molecule has 1 fully saturated rings. The van der Waals surface area contributed by atoms with E-state index in [9.17, 15) is 4.79 Å². The smallest absolute Gasteiger partial charge is 0.227 e. The van der Waals surface area contributed by atoms with E-state index in [-0.39, 0.29) is 23.9 Å². The number of carbonyl (C=O) groups is 1. The van der Waals surface area contributed by atoms with E-state index in [0.29, 0.717) is 6.54 Å². The Balaban J connectivity index is 2.09. The van der Waals surface area contributed by atoms with Gasteiger partial charge in [-0.15, -0.1) is 0 Å². The minimum absolute atomic E-state index is 0.0153. The Morgan fingerprint density at radius 3 is 2.68 bits per heavy atom. The summed E-state index contributed by atoms with van der Waals surface area (Å²) < 4.78 is 5.58. The van der Waals surface area contributed by atoms with Crippen molar-refractivity contribution in [3.8, 4) is 0 Å². The topological polar surface area (TPSA) is 59.5 Å². The molecule has 0 aromatic carbocycles. The zero-order chi connectivity index (χ0) is 14.0. The molecule has 0 spiro atoms. The van der Waals surface area contributed by atoms with Crippen molar-refractivity contribution in [3.63, 3.8) is 0 Å². The number of nitrogens with two attached hydrogens (primary N) is 1. The predicted molar refractivity (Wildman–Crippen MR) is 74.4 cm³/mol. The van der Waals surface area contributed by atoms with Crippen molar-refractivity contribution < 1.29 is 9.21 Å². The van der Waals surface area contributed by atoms with Crippen LogP contribution in [0, 0.1) is 12.8 Å². The number of hydrogen-bond acceptors (Lipinski definition) is 3. The molecule has 19 heavy (non-hydrogen) atoms. The average molecular weight is 264 g/mol. The molecule has 1 aromatic heterocycles. The molecular formula is C15H24N2O2. The van der Waals surface area contributed by atoms with E-state index >= 15 is 0 Å². The van der Waals surface area contributed by atoms with Gasteiger partial charge < -0.3 is 15.1 Å². The Kier molecular flexibility index (Phi) is 4.30. The van der Waals surface area contributed by atoms with Gasteiger partial charge in [-0.1, -0.05) is 6.42 Å². The van der Waals surface area contributed by atoms with Crippen LogP contribution in [0.15, 0.2) is 16.5 Å². The summed E-state index contributed by atoms with van der Waals surface area (Å²) in [5.74, 6) is 1.88. The second-order valence-electron chi connectivity index (χ2n) is 5.77. The molecule has 1 aromatic rings. The minimum Gasteiger partial charge on any atom is -0.464 e. The van der Waals surface area contributed by atoms with E-state index in [4.69, 9.17) is 10.2 Å². The highest BCUT2D eigenvalue weighted by Crippen LogP contribution is 2.27. The molecule has 2 N–H and O–H groups in total. The van der Waals surface area contributed by atoms with Gasteiger partial charge in [0, 0.05) is 12.1 Å². The van der Waals surface area contributed by atoms with E-state index in [1.54, 1.807) is 0 Å². The summed E-state index contributed by atoms with van der Waals surface area (Å²) in [5.41, 5.74) is 6.04. The summed E-state index contributed by atoms with van der Waals surface area (Å²) in [6.07, 6.45) is 2.94. The second kappa shape index (κ2) is 5.78. The lowest BCUT2D eigenvalue weighted by molar-refractivity contribution is -0.138. The molecule has 0 saturated heterocycles. The van der Waals surface area contributed by atoms with Crippen LogP contribution in [0.4, 0.5) is 0 Å². The molecule has 4 nitrogen and oxygen atoms in total. The number of nitrogens with zero attached hydrogens (tertiary/aromatic N) is 1. The summed E-state index contributed by atoms with van der Waals surface area (Å²) in [5, 5.41) is 0. The van der Waals surface area contributed by atoms with Crippen molar-refractivity contribution in [2.75, 3.05) is 0 Å². The summed E-state index contributed by atoms with van der Waals surface area (Å²) in [4.78, 5) is 14.5. The first kappa shape index (κ1) is 14.1. The third-order valence-corrected chi connectivity index (χ3v) is 3.92. The lowest BCUT2D eigenvalue weighted by Gasteiger charge is -2.30. The van der Waals surface area contributed by atoms with Crippen LogP contribution in [-0.2, 0) is 11.3 Å². The molecule has 2 unspecified atom stereocenters. The van der Waals surface area contributed by atoms with Crippen molar-refractivity contribution in [1.29, 1.82) is 0 Å². The van der Waals surface area contributed by atoms with Gasteiger partial charge >= 0.3 is 0 Å². The lowest BCUT2D eigenvalue weighted by Crippen LogP contribution is -2.44. The first-order valence-corrected chi connectivity index (χ1v) is 7.10. The van der Waals surface area contributed by atoms with Gasteiger partial charge in [0.2, 0.25) is 5.91 Å². The third-order valence-electron chi connectivity index (χ3n) is 3.92. The van der Waals surface area contributed by atoms with Crippen molar-refractivity contribution in [2.24, 2.45) is 11.7 Å². The maximum absolute atomic E-state index is 12.6. The first-order chi connectivity index (χ1) is 8.99. The Labute approximate surface area is 114 Å². The maximum atomic E-state index is 12.6. The van der Waals surface area contributed by atoms with Crippen LogP contribution in [0.2, 0.25) is 0 Å². The van der Waals surface area contributed by atoms with E-state index in [1.807, 2.05) is 37.8 Å². The van der Waals surface area contributed by atoms with Crippen molar-refractivity contribution >= 4 is 5.91 Å². The lowest BCUT2D eigenvalue weighted by atomic mass is 10.0. The SMILES string of the molecule is Cc1ccc(CN(C(=O)C2CCCC2N)C(C)C)o1. The molecule has 4 heteroatoms. The molecule has 1 aliphatic carbocycles. The summed E-state index contributed by atoms with van der Waals surface area (Å²) in [6.45, 7) is 6.52. The minimum atomic E-state index is -0.0153. The summed E-state index contributed by atoms with van der Waals surface area (Å²) >= 11 is 0. The van der Waals surface area contributed by atoms with Gasteiger partial charge in [0.05, 0.1) is 12.5 Å². The summed E-state index contributed by atoms with van der Waals surface area (Å²) in [6, 6.07) is 4.05. The van der Waals surface area contributed by atoms with Gasteiger partial charge in [0.15, 0.2) is 0 Å². The number of furan rings is 1.